The third-order valence-electron chi connectivity index (χ3n) is 7.84. The van der Waals surface area contributed by atoms with E-state index in [0.717, 1.165) is 48.9 Å². The molecule has 0 atom stereocenters. The van der Waals surface area contributed by atoms with Crippen LogP contribution in [0, 0.1) is 5.21 Å². The number of hydrogen-bond acceptors (Lipinski definition) is 7. The van der Waals surface area contributed by atoms with E-state index in [1.54, 1.807) is 60.7 Å². The van der Waals surface area contributed by atoms with Crippen molar-refractivity contribution in [2.24, 2.45) is 0 Å². The molecule has 2 fully saturated rings. The topological polar surface area (TPSA) is 97.1 Å². The molecule has 0 aliphatic carbocycles. The van der Waals surface area contributed by atoms with Crippen molar-refractivity contribution < 1.29 is 22.7 Å². The van der Waals surface area contributed by atoms with Crippen LogP contribution in [0.15, 0.2) is 78.0 Å². The minimum absolute atomic E-state index is 0. The van der Waals surface area contributed by atoms with E-state index < -0.39 is 15.9 Å². The predicted molar refractivity (Wildman–Crippen MR) is 173 cm³/mol. The lowest BCUT2D eigenvalue weighted by atomic mass is 10.0. The molecule has 9 nitrogen and oxygen atoms in total. The first-order valence-electron chi connectivity index (χ1n) is 14.0. The largest absolute Gasteiger partial charge is 0.619 e. The van der Waals surface area contributed by atoms with Crippen LogP contribution in [0.4, 0.5) is 5.69 Å². The first-order valence-corrected chi connectivity index (χ1v) is 15.4. The van der Waals surface area contributed by atoms with Gasteiger partial charge in [0.1, 0.15) is 5.75 Å². The van der Waals surface area contributed by atoms with Gasteiger partial charge in [0.05, 0.1) is 24.2 Å². The summed E-state index contributed by atoms with van der Waals surface area (Å²) < 4.78 is 35.0. The van der Waals surface area contributed by atoms with E-state index >= 15 is 0 Å². The molecular formula is C31H38Cl2N4O5S. The molecule has 1 amide bonds. The number of nitrogens with zero attached hydrogens (tertiary/aromatic N) is 4. The second-order valence-corrected chi connectivity index (χ2v) is 12.3. The van der Waals surface area contributed by atoms with Gasteiger partial charge in [-0.1, -0.05) is 30.4 Å². The number of halogens is 2. The van der Waals surface area contributed by atoms with E-state index in [1.807, 2.05) is 0 Å². The van der Waals surface area contributed by atoms with Crippen LogP contribution in [-0.4, -0.2) is 70.0 Å². The van der Waals surface area contributed by atoms with Crippen molar-refractivity contribution in [1.29, 1.82) is 0 Å². The van der Waals surface area contributed by atoms with Crippen molar-refractivity contribution in [1.82, 2.24) is 9.80 Å². The molecule has 232 valence electrons. The monoisotopic (exact) mass is 648 g/mol. The highest BCUT2D eigenvalue weighted by atomic mass is 35.5. The fourth-order valence-corrected chi connectivity index (χ4v) is 7.03. The zero-order valence-corrected chi connectivity index (χ0v) is 26.5. The minimum atomic E-state index is -4.25. The van der Waals surface area contributed by atoms with E-state index in [0.29, 0.717) is 22.1 Å². The molecule has 43 heavy (non-hydrogen) atoms. The molecule has 2 saturated heterocycles. The second-order valence-electron chi connectivity index (χ2n) is 10.5. The number of piperidine rings is 1. The molecule has 0 unspecified atom stereocenters. The molecule has 2 aromatic carbocycles. The molecule has 5 rings (SSSR count). The average Bonchev–Trinajstić information content (AvgIpc) is 3.53. The molecule has 3 heterocycles. The fourth-order valence-electron chi connectivity index (χ4n) is 5.59. The van der Waals surface area contributed by atoms with Gasteiger partial charge in [-0.25, -0.2) is 12.7 Å². The molecule has 1 aromatic heterocycles. The van der Waals surface area contributed by atoms with Gasteiger partial charge in [0, 0.05) is 31.3 Å². The van der Waals surface area contributed by atoms with E-state index in [4.69, 9.17) is 4.74 Å². The summed E-state index contributed by atoms with van der Waals surface area (Å²) in [6.07, 6.45) is 10.7. The zero-order chi connectivity index (χ0) is 28.8. The van der Waals surface area contributed by atoms with Crippen molar-refractivity contribution in [3.8, 4) is 5.75 Å². The standard InChI is InChI=1S/C31H36N4O5S.2ClH/c1-40-28-10-12-29(13-11-28)41(38,39)35(31(36)24-32-20-16-27(17-21-32)33-18-4-5-19-33)30-7-3-2-6-26(30)9-8-25-14-22-34(37)23-15-25;;/h2-3,6-15,22-23,27H,4-5,16-21,24H2,1H3;2*1H/b9-8+;;. The number of hydrogen-bond donors (Lipinski definition) is 0. The van der Waals surface area contributed by atoms with Crippen molar-refractivity contribution in [3.63, 3.8) is 0 Å². The maximum Gasteiger partial charge on any atom is 0.270 e. The average molecular weight is 650 g/mol. The normalized spacial score (nSPS) is 16.4. The summed E-state index contributed by atoms with van der Waals surface area (Å²) in [6.45, 7) is 3.78. The Balaban J connectivity index is 0.00000253. The second kappa shape index (κ2) is 15.5. The smallest absolute Gasteiger partial charge is 0.270 e. The highest BCUT2D eigenvalue weighted by Crippen LogP contribution is 2.30. The summed E-state index contributed by atoms with van der Waals surface area (Å²) >= 11 is 0. The van der Waals surface area contributed by atoms with Gasteiger partial charge < -0.3 is 14.8 Å². The van der Waals surface area contributed by atoms with Crippen LogP contribution < -0.4 is 13.8 Å². The van der Waals surface area contributed by atoms with Crippen LogP contribution in [-0.2, 0) is 14.8 Å². The highest BCUT2D eigenvalue weighted by Gasteiger charge is 2.34. The van der Waals surface area contributed by atoms with Gasteiger partial charge in [-0.15, -0.1) is 24.8 Å². The number of aromatic nitrogens is 1. The highest BCUT2D eigenvalue weighted by molar-refractivity contribution is 7.93. The molecular weight excluding hydrogens is 611 g/mol. The molecule has 0 spiro atoms. The fraction of sp³-hybridized carbons (Fsp3) is 0.355. The van der Waals surface area contributed by atoms with Crippen molar-refractivity contribution >= 4 is 58.6 Å². The Kier molecular flexibility index (Phi) is 12.4. The lowest BCUT2D eigenvalue weighted by Crippen LogP contribution is -2.49. The Bertz CT molecular complexity index is 1470. The quantitative estimate of drug-likeness (QED) is 0.247. The van der Waals surface area contributed by atoms with Crippen LogP contribution >= 0.6 is 24.8 Å². The Hall–Kier alpha value is -3.15. The molecule has 0 N–H and O–H groups in total. The summed E-state index contributed by atoms with van der Waals surface area (Å²) in [5.74, 6) is 0.0155. The number of para-hydroxylation sites is 1. The number of pyridine rings is 1. The number of ether oxygens (including phenoxy) is 1. The Morgan fingerprint density at radius 3 is 2.21 bits per heavy atom. The summed E-state index contributed by atoms with van der Waals surface area (Å²) in [5.41, 5.74) is 1.60. The SMILES string of the molecule is COc1ccc(S(=O)(=O)N(C(=O)CN2CCC(N3CCCC3)CC2)c2ccccc2/C=C/c2cc[n+]([O-])cc2)cc1.Cl.Cl. The number of benzene rings is 2. The molecule has 12 heteroatoms. The molecule has 2 aliphatic heterocycles. The van der Waals surface area contributed by atoms with Crippen LogP contribution in [0.1, 0.15) is 36.8 Å². The zero-order valence-electron chi connectivity index (χ0n) is 24.1. The predicted octanol–water partition coefficient (Wildman–Crippen LogP) is 4.62. The summed E-state index contributed by atoms with van der Waals surface area (Å²) in [7, 11) is -2.74. The number of carbonyl (C=O) groups is 1. The number of carbonyl (C=O) groups excluding carboxylic acids is 1. The summed E-state index contributed by atoms with van der Waals surface area (Å²) in [4.78, 5) is 18.6. The van der Waals surface area contributed by atoms with E-state index in [1.165, 1.54) is 44.5 Å². The van der Waals surface area contributed by atoms with Gasteiger partial charge in [0.15, 0.2) is 12.4 Å². The van der Waals surface area contributed by atoms with Crippen LogP contribution in [0.2, 0.25) is 0 Å². The molecule has 0 saturated carbocycles. The van der Waals surface area contributed by atoms with E-state index in [9.17, 15) is 18.4 Å². The van der Waals surface area contributed by atoms with E-state index in [-0.39, 0.29) is 41.9 Å². The Labute approximate surface area is 266 Å². The van der Waals surface area contributed by atoms with Gasteiger partial charge in [-0.05, 0) is 80.2 Å². The molecule has 2 aliphatic rings. The molecule has 0 bridgehead atoms. The third-order valence-corrected chi connectivity index (χ3v) is 9.58. The van der Waals surface area contributed by atoms with Crippen molar-refractivity contribution in [3.05, 3.63) is 89.4 Å². The van der Waals surface area contributed by atoms with Gasteiger partial charge in [0.25, 0.3) is 15.9 Å². The maximum atomic E-state index is 14.1. The molecule has 3 aromatic rings. The lowest BCUT2D eigenvalue weighted by Gasteiger charge is -2.37. The van der Waals surface area contributed by atoms with Crippen molar-refractivity contribution in [2.45, 2.75) is 36.6 Å². The van der Waals surface area contributed by atoms with Gasteiger partial charge >= 0.3 is 0 Å². The van der Waals surface area contributed by atoms with Gasteiger partial charge in [-0.3, -0.25) is 9.69 Å². The summed E-state index contributed by atoms with van der Waals surface area (Å²) in [6, 6.07) is 16.8. The minimum Gasteiger partial charge on any atom is -0.619 e. The number of likely N-dealkylation sites (tertiary alicyclic amines) is 2. The van der Waals surface area contributed by atoms with Gasteiger partial charge in [-0.2, -0.15) is 4.73 Å². The van der Waals surface area contributed by atoms with Crippen LogP contribution in [0.3, 0.4) is 0 Å². The number of anilines is 1. The number of rotatable bonds is 9. The van der Waals surface area contributed by atoms with E-state index in [2.05, 4.69) is 9.80 Å². The molecule has 0 radical (unpaired) electrons. The first kappa shape index (κ1) is 34.3. The van der Waals surface area contributed by atoms with Crippen LogP contribution in [0.25, 0.3) is 12.2 Å². The third kappa shape index (κ3) is 8.27. The van der Waals surface area contributed by atoms with Crippen molar-refractivity contribution in [2.75, 3.05) is 44.1 Å². The number of methoxy groups -OCH3 is 1. The number of amides is 1. The van der Waals surface area contributed by atoms with Crippen LogP contribution in [0.5, 0.6) is 5.75 Å². The number of sulfonamides is 1. The summed E-state index contributed by atoms with van der Waals surface area (Å²) in [5, 5.41) is 11.4. The Morgan fingerprint density at radius 2 is 1.58 bits per heavy atom. The first-order chi connectivity index (χ1) is 19.8. The van der Waals surface area contributed by atoms with Gasteiger partial charge in [0.2, 0.25) is 0 Å². The Morgan fingerprint density at radius 1 is 0.953 bits per heavy atom. The lowest BCUT2D eigenvalue weighted by molar-refractivity contribution is -0.605. The maximum absolute atomic E-state index is 14.1.